The number of hydrogen-bond donors (Lipinski definition) is 1. The minimum atomic E-state index is -0.397. The summed E-state index contributed by atoms with van der Waals surface area (Å²) in [4.78, 5) is 12.4. The smallest absolute Gasteiger partial charge is 0.287 e. The van der Waals surface area contributed by atoms with Gasteiger partial charge in [0.05, 0.1) is 18.7 Å². The number of halogens is 1. The van der Waals surface area contributed by atoms with Crippen LogP contribution >= 0.6 is 0 Å². The van der Waals surface area contributed by atoms with Crippen molar-refractivity contribution in [3.05, 3.63) is 77.8 Å². The average Bonchev–Trinajstić information content (AvgIpc) is 3.12. The number of carbonyl (C=O) groups is 1. The second-order valence-corrected chi connectivity index (χ2v) is 5.58. The summed E-state index contributed by atoms with van der Waals surface area (Å²) >= 11 is 0. The van der Waals surface area contributed by atoms with Crippen LogP contribution in [0.5, 0.6) is 5.75 Å². The van der Waals surface area contributed by atoms with Gasteiger partial charge in [0.2, 0.25) is 0 Å². The molecule has 1 unspecified atom stereocenters. The molecular weight excluding hydrogens is 321 g/mol. The molecule has 128 valence electrons. The molecule has 0 aliphatic carbocycles. The molecule has 25 heavy (non-hydrogen) atoms. The Bertz CT molecular complexity index is 888. The summed E-state index contributed by atoms with van der Waals surface area (Å²) in [6, 6.07) is 16.6. The Hall–Kier alpha value is -3.08. The summed E-state index contributed by atoms with van der Waals surface area (Å²) in [7, 11) is 1.58. The number of furan rings is 1. The van der Waals surface area contributed by atoms with Crippen molar-refractivity contribution >= 4 is 5.91 Å². The van der Waals surface area contributed by atoms with Crippen LogP contribution in [0, 0.1) is 5.82 Å². The summed E-state index contributed by atoms with van der Waals surface area (Å²) in [6.45, 7) is 1.86. The Labute approximate surface area is 145 Å². The van der Waals surface area contributed by atoms with Crippen molar-refractivity contribution in [1.82, 2.24) is 5.32 Å². The largest absolute Gasteiger partial charge is 0.496 e. The Morgan fingerprint density at radius 1 is 1.08 bits per heavy atom. The number of methoxy groups -OCH3 is 1. The summed E-state index contributed by atoms with van der Waals surface area (Å²) in [5, 5.41) is 2.86. The number of amides is 1. The Morgan fingerprint density at radius 3 is 2.56 bits per heavy atom. The molecule has 1 amide bonds. The van der Waals surface area contributed by atoms with Gasteiger partial charge in [0.25, 0.3) is 5.91 Å². The maximum atomic E-state index is 13.8. The van der Waals surface area contributed by atoms with E-state index in [1.807, 2.05) is 31.2 Å². The van der Waals surface area contributed by atoms with Gasteiger partial charge in [0.15, 0.2) is 5.76 Å². The minimum Gasteiger partial charge on any atom is -0.496 e. The first-order valence-electron chi connectivity index (χ1n) is 7.88. The predicted octanol–water partition coefficient (Wildman–Crippen LogP) is 4.59. The lowest BCUT2D eigenvalue weighted by atomic mass is 10.1. The molecule has 2 aromatic carbocycles. The number of hydrogen-bond acceptors (Lipinski definition) is 3. The van der Waals surface area contributed by atoms with E-state index in [0.29, 0.717) is 17.1 Å². The van der Waals surface area contributed by atoms with E-state index in [2.05, 4.69) is 5.32 Å². The van der Waals surface area contributed by atoms with E-state index in [0.717, 1.165) is 5.56 Å². The van der Waals surface area contributed by atoms with Gasteiger partial charge >= 0.3 is 0 Å². The maximum Gasteiger partial charge on any atom is 0.287 e. The van der Waals surface area contributed by atoms with Gasteiger partial charge in [-0.15, -0.1) is 0 Å². The van der Waals surface area contributed by atoms with Gasteiger partial charge in [-0.25, -0.2) is 4.39 Å². The molecule has 0 fully saturated rings. The van der Waals surface area contributed by atoms with Crippen molar-refractivity contribution in [2.45, 2.75) is 13.0 Å². The van der Waals surface area contributed by atoms with Crippen molar-refractivity contribution in [3.63, 3.8) is 0 Å². The van der Waals surface area contributed by atoms with E-state index in [9.17, 15) is 9.18 Å². The topological polar surface area (TPSA) is 51.5 Å². The fourth-order valence-electron chi connectivity index (χ4n) is 2.64. The quantitative estimate of drug-likeness (QED) is 0.740. The van der Waals surface area contributed by atoms with E-state index in [-0.39, 0.29) is 17.7 Å². The van der Waals surface area contributed by atoms with Crippen LogP contribution in [0.2, 0.25) is 0 Å². The standard InChI is InChI=1S/C20H18FNO3/c1-13(14-7-4-6-10-17(14)24-2)22-20(23)19-12-11-18(25-19)15-8-3-5-9-16(15)21/h3-13H,1-2H3,(H,22,23). The van der Waals surface area contributed by atoms with E-state index in [1.54, 1.807) is 31.4 Å². The number of ether oxygens (including phenoxy) is 1. The molecule has 0 saturated heterocycles. The Balaban J connectivity index is 1.77. The molecule has 0 radical (unpaired) electrons. The third-order valence-corrected chi connectivity index (χ3v) is 3.92. The van der Waals surface area contributed by atoms with Crippen molar-refractivity contribution < 1.29 is 18.3 Å². The monoisotopic (exact) mass is 339 g/mol. The van der Waals surface area contributed by atoms with Crippen LogP contribution < -0.4 is 10.1 Å². The predicted molar refractivity (Wildman–Crippen MR) is 93.0 cm³/mol. The van der Waals surface area contributed by atoms with Crippen molar-refractivity contribution in [1.29, 1.82) is 0 Å². The molecule has 0 aliphatic rings. The first kappa shape index (κ1) is 16.8. The van der Waals surface area contributed by atoms with Gasteiger partial charge in [0, 0.05) is 5.56 Å². The van der Waals surface area contributed by atoms with Crippen LogP contribution in [0.4, 0.5) is 4.39 Å². The first-order chi connectivity index (χ1) is 12.1. The molecule has 1 heterocycles. The summed E-state index contributed by atoms with van der Waals surface area (Å²) in [5.41, 5.74) is 1.18. The van der Waals surface area contributed by atoms with Gasteiger partial charge in [-0.1, -0.05) is 30.3 Å². The highest BCUT2D eigenvalue weighted by atomic mass is 19.1. The Kier molecular flexibility index (Phi) is 4.84. The number of benzene rings is 2. The van der Waals surface area contributed by atoms with Crippen LogP contribution in [0.3, 0.4) is 0 Å². The van der Waals surface area contributed by atoms with Crippen molar-refractivity contribution in [2.75, 3.05) is 7.11 Å². The average molecular weight is 339 g/mol. The van der Waals surface area contributed by atoms with Gasteiger partial charge in [-0.05, 0) is 37.3 Å². The third kappa shape index (κ3) is 3.55. The lowest BCUT2D eigenvalue weighted by molar-refractivity contribution is 0.0912. The fourth-order valence-corrected chi connectivity index (χ4v) is 2.64. The molecule has 0 saturated carbocycles. The van der Waals surface area contributed by atoms with Crippen LogP contribution in [-0.2, 0) is 0 Å². The number of rotatable bonds is 5. The molecule has 5 heteroatoms. The SMILES string of the molecule is COc1ccccc1C(C)NC(=O)c1ccc(-c2ccccc2F)o1. The highest BCUT2D eigenvalue weighted by molar-refractivity contribution is 5.92. The molecule has 1 N–H and O–H groups in total. The number of carbonyl (C=O) groups excluding carboxylic acids is 1. The van der Waals surface area contributed by atoms with E-state index >= 15 is 0 Å². The van der Waals surface area contributed by atoms with Gasteiger partial charge < -0.3 is 14.5 Å². The minimum absolute atomic E-state index is 0.125. The number of nitrogens with one attached hydrogen (secondary N) is 1. The zero-order valence-corrected chi connectivity index (χ0v) is 14.0. The van der Waals surface area contributed by atoms with E-state index in [1.165, 1.54) is 12.1 Å². The molecule has 0 aliphatic heterocycles. The van der Waals surface area contributed by atoms with E-state index < -0.39 is 5.82 Å². The Morgan fingerprint density at radius 2 is 1.80 bits per heavy atom. The number of para-hydroxylation sites is 1. The lowest BCUT2D eigenvalue weighted by Crippen LogP contribution is -2.26. The highest BCUT2D eigenvalue weighted by Gasteiger charge is 2.18. The fraction of sp³-hybridized carbons (Fsp3) is 0.150. The highest BCUT2D eigenvalue weighted by Crippen LogP contribution is 2.27. The molecule has 3 aromatic rings. The van der Waals surface area contributed by atoms with Crippen LogP contribution in [-0.4, -0.2) is 13.0 Å². The van der Waals surface area contributed by atoms with E-state index in [4.69, 9.17) is 9.15 Å². The zero-order valence-electron chi connectivity index (χ0n) is 14.0. The molecule has 4 nitrogen and oxygen atoms in total. The van der Waals surface area contributed by atoms with Crippen LogP contribution in [0.1, 0.15) is 29.1 Å². The summed E-state index contributed by atoms with van der Waals surface area (Å²) in [6.07, 6.45) is 0. The maximum absolute atomic E-state index is 13.8. The van der Waals surface area contributed by atoms with Crippen molar-refractivity contribution in [2.24, 2.45) is 0 Å². The molecule has 3 rings (SSSR count). The summed E-state index contributed by atoms with van der Waals surface area (Å²) in [5.74, 6) is 0.363. The lowest BCUT2D eigenvalue weighted by Gasteiger charge is -2.16. The summed E-state index contributed by atoms with van der Waals surface area (Å²) < 4.78 is 24.7. The molecule has 0 bridgehead atoms. The molecule has 1 aromatic heterocycles. The normalized spacial score (nSPS) is 11.8. The zero-order chi connectivity index (χ0) is 17.8. The van der Waals surface area contributed by atoms with Gasteiger partial charge in [-0.3, -0.25) is 4.79 Å². The molecular formula is C20H18FNO3. The van der Waals surface area contributed by atoms with Crippen LogP contribution in [0.25, 0.3) is 11.3 Å². The third-order valence-electron chi connectivity index (χ3n) is 3.92. The second kappa shape index (κ2) is 7.21. The molecule has 0 spiro atoms. The van der Waals surface area contributed by atoms with Gasteiger partial charge in [0.1, 0.15) is 17.3 Å². The second-order valence-electron chi connectivity index (χ2n) is 5.58. The van der Waals surface area contributed by atoms with Crippen molar-refractivity contribution in [3.8, 4) is 17.1 Å². The molecule has 1 atom stereocenters. The van der Waals surface area contributed by atoms with Gasteiger partial charge in [-0.2, -0.15) is 0 Å². The van der Waals surface area contributed by atoms with Crippen LogP contribution in [0.15, 0.2) is 65.1 Å². The first-order valence-corrected chi connectivity index (χ1v) is 7.88.